The first-order chi connectivity index (χ1) is 7.86. The monoisotopic (exact) mass is 281 g/mol. The third-order valence-corrected chi connectivity index (χ3v) is 2.28. The van der Waals surface area contributed by atoms with Crippen LogP contribution in [0.2, 0.25) is 0 Å². The van der Waals surface area contributed by atoms with Crippen LogP contribution in [0, 0.1) is 0 Å². The average molecular weight is 282 g/mol. The van der Waals surface area contributed by atoms with Crippen LogP contribution in [0.25, 0.3) is 0 Å². The molecule has 1 aromatic rings. The van der Waals surface area contributed by atoms with Crippen LogP contribution < -0.4 is 10.5 Å². The Morgan fingerprint density at radius 3 is 2.17 bits per heavy atom. The fraction of sp³-hybridized carbons (Fsp3) is 0.500. The Kier molecular flexibility index (Phi) is 6.52. The largest absolute Gasteiger partial charge is 0.491 e. The lowest BCUT2D eigenvalue weighted by Crippen LogP contribution is -2.36. The van der Waals surface area contributed by atoms with Gasteiger partial charge in [-0.05, 0) is 31.5 Å². The number of hydrogen-bond acceptors (Lipinski definition) is 3. The third kappa shape index (κ3) is 4.40. The minimum absolute atomic E-state index is 0. The van der Waals surface area contributed by atoms with E-state index in [0.29, 0.717) is 5.75 Å². The molecule has 0 aliphatic carbocycles. The van der Waals surface area contributed by atoms with Crippen LogP contribution in [0.3, 0.4) is 0 Å². The first-order valence-electron chi connectivity index (χ1n) is 5.37. The van der Waals surface area contributed by atoms with Gasteiger partial charge in [0, 0.05) is 0 Å². The molecule has 6 heteroatoms. The summed E-state index contributed by atoms with van der Waals surface area (Å²) in [6.45, 7) is 2.48. The number of halogens is 3. The summed E-state index contributed by atoms with van der Waals surface area (Å²) in [7, 11) is 0. The molecule has 0 bridgehead atoms. The van der Waals surface area contributed by atoms with E-state index in [2.05, 4.69) is 0 Å². The number of alkyl halides is 2. The Labute approximate surface area is 111 Å². The zero-order valence-electron chi connectivity index (χ0n) is 10.3. The van der Waals surface area contributed by atoms with Gasteiger partial charge in [0.15, 0.2) is 0 Å². The zero-order valence-corrected chi connectivity index (χ0v) is 11.1. The minimum Gasteiger partial charge on any atom is -0.491 e. The molecule has 1 aromatic carbocycles. The summed E-state index contributed by atoms with van der Waals surface area (Å²) < 4.78 is 31.7. The standard InChI is InChI=1S/C12H17F2NO2.ClH/c1-8(2)17-10-5-3-9(4-6-10)11(15)12(13,14)7-16;/h3-6,8,11,16H,7,15H2,1-2H3;1H/t11-;/m1./s1. The second kappa shape index (κ2) is 6.87. The van der Waals surface area contributed by atoms with E-state index >= 15 is 0 Å². The number of aliphatic hydroxyl groups is 1. The van der Waals surface area contributed by atoms with Gasteiger partial charge in [0.25, 0.3) is 5.92 Å². The summed E-state index contributed by atoms with van der Waals surface area (Å²) in [5, 5.41) is 8.54. The van der Waals surface area contributed by atoms with Crippen molar-refractivity contribution in [2.45, 2.75) is 31.9 Å². The Morgan fingerprint density at radius 1 is 1.28 bits per heavy atom. The van der Waals surface area contributed by atoms with Gasteiger partial charge < -0.3 is 15.6 Å². The quantitative estimate of drug-likeness (QED) is 0.872. The van der Waals surface area contributed by atoms with Gasteiger partial charge in [0.05, 0.1) is 12.1 Å². The molecule has 0 saturated heterocycles. The number of aliphatic hydroxyl groups excluding tert-OH is 1. The molecule has 104 valence electrons. The minimum atomic E-state index is -3.32. The second-order valence-corrected chi connectivity index (χ2v) is 4.13. The molecule has 0 unspecified atom stereocenters. The van der Waals surface area contributed by atoms with E-state index in [0.717, 1.165) is 0 Å². The summed E-state index contributed by atoms with van der Waals surface area (Å²) in [5.41, 5.74) is 5.65. The zero-order chi connectivity index (χ0) is 13.1. The van der Waals surface area contributed by atoms with Gasteiger partial charge in [-0.3, -0.25) is 0 Å². The molecule has 0 aliphatic rings. The Bertz CT molecular complexity index is 358. The lowest BCUT2D eigenvalue weighted by atomic mass is 10.0. The van der Waals surface area contributed by atoms with Crippen LogP contribution in [-0.2, 0) is 0 Å². The number of benzene rings is 1. The van der Waals surface area contributed by atoms with Crippen molar-refractivity contribution in [1.29, 1.82) is 0 Å². The van der Waals surface area contributed by atoms with Gasteiger partial charge in [-0.2, -0.15) is 0 Å². The predicted octanol–water partition coefficient (Wildman–Crippen LogP) is 2.52. The Hall–Kier alpha value is -0.910. The molecule has 18 heavy (non-hydrogen) atoms. The fourth-order valence-corrected chi connectivity index (χ4v) is 1.37. The number of hydrogen-bond donors (Lipinski definition) is 2. The molecule has 1 atom stereocenters. The molecule has 1 rings (SSSR count). The van der Waals surface area contributed by atoms with Crippen LogP contribution in [0.4, 0.5) is 8.78 Å². The van der Waals surface area contributed by atoms with E-state index in [4.69, 9.17) is 15.6 Å². The molecule has 0 aliphatic heterocycles. The average Bonchev–Trinajstić information content (AvgIpc) is 2.28. The van der Waals surface area contributed by atoms with Crippen molar-refractivity contribution in [3.05, 3.63) is 29.8 Å². The van der Waals surface area contributed by atoms with Crippen molar-refractivity contribution in [2.24, 2.45) is 5.73 Å². The number of ether oxygens (including phenoxy) is 1. The molecular formula is C12H18ClF2NO2. The van der Waals surface area contributed by atoms with E-state index in [1.807, 2.05) is 13.8 Å². The molecule has 0 spiro atoms. The van der Waals surface area contributed by atoms with Gasteiger partial charge in [0.1, 0.15) is 12.4 Å². The Balaban J connectivity index is 0.00000289. The molecule has 3 N–H and O–H groups in total. The topological polar surface area (TPSA) is 55.5 Å². The molecule has 0 radical (unpaired) electrons. The van der Waals surface area contributed by atoms with E-state index < -0.39 is 18.6 Å². The highest BCUT2D eigenvalue weighted by molar-refractivity contribution is 5.85. The lowest BCUT2D eigenvalue weighted by Gasteiger charge is -2.22. The highest BCUT2D eigenvalue weighted by atomic mass is 35.5. The molecule has 0 amide bonds. The maximum absolute atomic E-state index is 13.1. The van der Waals surface area contributed by atoms with E-state index in [-0.39, 0.29) is 24.1 Å². The highest BCUT2D eigenvalue weighted by Crippen LogP contribution is 2.29. The van der Waals surface area contributed by atoms with Crippen molar-refractivity contribution in [3.8, 4) is 5.75 Å². The highest BCUT2D eigenvalue weighted by Gasteiger charge is 2.37. The molecule has 0 aromatic heterocycles. The molecule has 0 saturated carbocycles. The molecule has 3 nitrogen and oxygen atoms in total. The van der Waals surface area contributed by atoms with Crippen LogP contribution in [0.1, 0.15) is 25.5 Å². The number of rotatable bonds is 5. The smallest absolute Gasteiger partial charge is 0.289 e. The van der Waals surface area contributed by atoms with Gasteiger partial charge in [-0.25, -0.2) is 8.78 Å². The SMILES string of the molecule is CC(C)Oc1ccc([C@@H](N)C(F)(F)CO)cc1.Cl. The summed E-state index contributed by atoms with van der Waals surface area (Å²) in [6.07, 6.45) is 0.0217. The van der Waals surface area contributed by atoms with Crippen LogP contribution >= 0.6 is 12.4 Å². The third-order valence-electron chi connectivity index (χ3n) is 2.28. The first-order valence-corrected chi connectivity index (χ1v) is 5.37. The van der Waals surface area contributed by atoms with Crippen molar-refractivity contribution < 1.29 is 18.6 Å². The maximum Gasteiger partial charge on any atom is 0.289 e. The summed E-state index contributed by atoms with van der Waals surface area (Å²) >= 11 is 0. The maximum atomic E-state index is 13.1. The van der Waals surface area contributed by atoms with Crippen LogP contribution in [0.5, 0.6) is 5.75 Å². The van der Waals surface area contributed by atoms with Crippen molar-refractivity contribution >= 4 is 12.4 Å². The lowest BCUT2D eigenvalue weighted by molar-refractivity contribution is -0.0711. The normalized spacial score (nSPS) is 13.1. The van der Waals surface area contributed by atoms with Gasteiger partial charge in [-0.1, -0.05) is 12.1 Å². The van der Waals surface area contributed by atoms with Crippen molar-refractivity contribution in [2.75, 3.05) is 6.61 Å². The van der Waals surface area contributed by atoms with Crippen molar-refractivity contribution in [3.63, 3.8) is 0 Å². The van der Waals surface area contributed by atoms with Gasteiger partial charge in [-0.15, -0.1) is 12.4 Å². The van der Waals surface area contributed by atoms with Gasteiger partial charge >= 0.3 is 0 Å². The van der Waals surface area contributed by atoms with Crippen LogP contribution in [-0.4, -0.2) is 23.7 Å². The van der Waals surface area contributed by atoms with E-state index in [1.54, 1.807) is 12.1 Å². The first kappa shape index (κ1) is 17.1. The summed E-state index contributed by atoms with van der Waals surface area (Å²) in [4.78, 5) is 0. The van der Waals surface area contributed by atoms with Gasteiger partial charge in [0.2, 0.25) is 0 Å². The summed E-state index contributed by atoms with van der Waals surface area (Å²) in [6, 6.07) is 4.61. The summed E-state index contributed by atoms with van der Waals surface area (Å²) in [5.74, 6) is -2.72. The van der Waals surface area contributed by atoms with E-state index in [9.17, 15) is 8.78 Å². The second-order valence-electron chi connectivity index (χ2n) is 4.13. The number of nitrogens with two attached hydrogens (primary N) is 1. The Morgan fingerprint density at radius 2 is 1.78 bits per heavy atom. The molecule has 0 fully saturated rings. The fourth-order valence-electron chi connectivity index (χ4n) is 1.37. The predicted molar refractivity (Wildman–Crippen MR) is 68.4 cm³/mol. The van der Waals surface area contributed by atoms with E-state index in [1.165, 1.54) is 12.1 Å². The molecule has 0 heterocycles. The molecular weight excluding hydrogens is 264 g/mol. The van der Waals surface area contributed by atoms with Crippen LogP contribution in [0.15, 0.2) is 24.3 Å². The van der Waals surface area contributed by atoms with Crippen molar-refractivity contribution in [1.82, 2.24) is 0 Å².